The van der Waals surface area contributed by atoms with Crippen molar-refractivity contribution in [3.05, 3.63) is 0 Å². The molecule has 4 rings (SSSR count). The predicted molar refractivity (Wildman–Crippen MR) is 89.8 cm³/mol. The molecule has 0 bridgehead atoms. The van der Waals surface area contributed by atoms with Crippen LogP contribution in [0, 0.1) is 11.3 Å². The molecule has 0 N–H and O–H groups in total. The summed E-state index contributed by atoms with van der Waals surface area (Å²) in [6.45, 7) is 3.58. The summed E-state index contributed by atoms with van der Waals surface area (Å²) in [6, 6.07) is 0. The van der Waals surface area contributed by atoms with Gasteiger partial charge < -0.3 is 9.64 Å². The Balaban J connectivity index is 1.42. The van der Waals surface area contributed by atoms with E-state index in [1.807, 2.05) is 0 Å². The molecule has 2 aliphatic heterocycles. The van der Waals surface area contributed by atoms with Gasteiger partial charge in [0.05, 0.1) is 6.61 Å². The third-order valence-corrected chi connectivity index (χ3v) is 7.73. The molecule has 22 heavy (non-hydrogen) atoms. The molecule has 0 aromatic carbocycles. The van der Waals surface area contributed by atoms with Crippen LogP contribution in [0.3, 0.4) is 0 Å². The normalized spacial score (nSPS) is 44.0. The highest BCUT2D eigenvalue weighted by atomic mass is 16.5. The fourth-order valence-corrected chi connectivity index (χ4v) is 6.03. The van der Waals surface area contributed by atoms with Crippen molar-refractivity contribution in [3.8, 4) is 0 Å². The number of likely N-dealkylation sites (tertiary alicyclic amines) is 1. The Labute approximate surface area is 136 Å². The van der Waals surface area contributed by atoms with E-state index in [-0.39, 0.29) is 0 Å². The second-order valence-corrected chi connectivity index (χ2v) is 8.81. The Morgan fingerprint density at radius 2 is 1.64 bits per heavy atom. The van der Waals surface area contributed by atoms with Crippen LogP contribution in [0.5, 0.6) is 0 Å². The molecule has 126 valence electrons. The quantitative estimate of drug-likeness (QED) is 0.794. The van der Waals surface area contributed by atoms with Gasteiger partial charge in [-0.2, -0.15) is 0 Å². The van der Waals surface area contributed by atoms with E-state index in [1.54, 1.807) is 0 Å². The minimum Gasteiger partial charge on any atom is -0.363 e. The number of nitrogens with zero attached hydrogens (tertiary/aromatic N) is 2. The van der Waals surface area contributed by atoms with E-state index in [1.165, 1.54) is 77.3 Å². The Morgan fingerprint density at radius 1 is 0.955 bits per heavy atom. The molecule has 2 saturated heterocycles. The van der Waals surface area contributed by atoms with Crippen molar-refractivity contribution < 1.29 is 4.74 Å². The van der Waals surface area contributed by atoms with Gasteiger partial charge in [-0.25, -0.2) is 0 Å². The number of hydrogen-bond donors (Lipinski definition) is 0. The molecule has 0 radical (unpaired) electrons. The van der Waals surface area contributed by atoms with Gasteiger partial charge in [0.2, 0.25) is 0 Å². The Morgan fingerprint density at radius 3 is 2.18 bits per heavy atom. The van der Waals surface area contributed by atoms with Crippen molar-refractivity contribution >= 4 is 0 Å². The lowest BCUT2D eigenvalue weighted by Crippen LogP contribution is -2.54. The molecule has 3 nitrogen and oxygen atoms in total. The van der Waals surface area contributed by atoms with E-state index in [2.05, 4.69) is 23.9 Å². The zero-order chi connectivity index (χ0) is 15.2. The average molecular weight is 306 g/mol. The lowest BCUT2D eigenvalue weighted by molar-refractivity contribution is -0.141. The molecule has 0 aromatic heterocycles. The van der Waals surface area contributed by atoms with E-state index in [0.717, 1.165) is 12.5 Å². The topological polar surface area (TPSA) is 15.7 Å². The SMILES string of the molecule is CN(C)C1(C2CCCC2)CCC2(CCN(C3CCO3)C2)CC1. The maximum atomic E-state index is 5.73. The van der Waals surface area contributed by atoms with Crippen molar-refractivity contribution in [1.82, 2.24) is 9.80 Å². The van der Waals surface area contributed by atoms with Gasteiger partial charge in [-0.3, -0.25) is 4.90 Å². The molecular weight excluding hydrogens is 272 g/mol. The second-order valence-electron chi connectivity index (χ2n) is 8.81. The molecule has 1 atom stereocenters. The molecule has 1 unspecified atom stereocenters. The van der Waals surface area contributed by atoms with Gasteiger partial charge in [0.25, 0.3) is 0 Å². The average Bonchev–Trinajstić information content (AvgIpc) is 3.09. The Bertz CT molecular complexity index is 390. The van der Waals surface area contributed by atoms with Crippen LogP contribution in [0.2, 0.25) is 0 Å². The van der Waals surface area contributed by atoms with Crippen molar-refractivity contribution in [2.45, 2.75) is 76.0 Å². The highest BCUT2D eigenvalue weighted by Gasteiger charge is 2.51. The van der Waals surface area contributed by atoms with E-state index >= 15 is 0 Å². The Kier molecular flexibility index (Phi) is 4.03. The number of rotatable bonds is 3. The molecule has 0 aromatic rings. The lowest BCUT2D eigenvalue weighted by atomic mass is 9.62. The van der Waals surface area contributed by atoms with Crippen LogP contribution >= 0.6 is 0 Å². The largest absolute Gasteiger partial charge is 0.363 e. The van der Waals surface area contributed by atoms with Crippen LogP contribution in [0.1, 0.15) is 64.2 Å². The molecule has 0 amide bonds. The summed E-state index contributed by atoms with van der Waals surface area (Å²) < 4.78 is 5.73. The minimum atomic E-state index is 0.467. The number of hydrogen-bond acceptors (Lipinski definition) is 3. The standard InChI is InChI=1S/C19H34N2O/c1-20(2)19(16-5-3-4-6-16)10-8-18(9-11-19)12-13-21(15-18)17-7-14-22-17/h16-17H,3-15H2,1-2H3. The third kappa shape index (κ3) is 2.44. The van der Waals surface area contributed by atoms with Gasteiger partial charge >= 0.3 is 0 Å². The van der Waals surface area contributed by atoms with Gasteiger partial charge in [0, 0.05) is 25.0 Å². The van der Waals surface area contributed by atoms with Gasteiger partial charge in [-0.1, -0.05) is 12.8 Å². The van der Waals surface area contributed by atoms with Crippen LogP contribution in [-0.2, 0) is 4.74 Å². The van der Waals surface area contributed by atoms with E-state index < -0.39 is 0 Å². The van der Waals surface area contributed by atoms with E-state index in [9.17, 15) is 0 Å². The van der Waals surface area contributed by atoms with Gasteiger partial charge in [0.15, 0.2) is 0 Å². The summed E-state index contributed by atoms with van der Waals surface area (Å²) in [7, 11) is 4.69. The molecule has 2 saturated carbocycles. The van der Waals surface area contributed by atoms with Crippen LogP contribution in [-0.4, -0.2) is 55.4 Å². The molecule has 3 heteroatoms. The fourth-order valence-electron chi connectivity index (χ4n) is 6.03. The fraction of sp³-hybridized carbons (Fsp3) is 1.00. The zero-order valence-corrected chi connectivity index (χ0v) is 14.6. The van der Waals surface area contributed by atoms with Crippen LogP contribution in [0.4, 0.5) is 0 Å². The second kappa shape index (κ2) is 5.75. The Hall–Kier alpha value is -0.120. The summed E-state index contributed by atoms with van der Waals surface area (Å²) in [6.07, 6.45) is 14.8. The first kappa shape index (κ1) is 15.4. The van der Waals surface area contributed by atoms with Gasteiger partial charge in [0.1, 0.15) is 6.23 Å². The highest BCUT2D eigenvalue weighted by molar-refractivity contribution is 5.05. The smallest absolute Gasteiger partial charge is 0.112 e. The summed E-state index contributed by atoms with van der Waals surface area (Å²) in [5, 5.41) is 0. The van der Waals surface area contributed by atoms with Crippen LogP contribution < -0.4 is 0 Å². The maximum absolute atomic E-state index is 5.73. The van der Waals surface area contributed by atoms with Gasteiger partial charge in [-0.05, 0) is 70.4 Å². The molecule has 2 heterocycles. The number of ether oxygens (including phenoxy) is 1. The lowest BCUT2D eigenvalue weighted by Gasteiger charge is -2.52. The van der Waals surface area contributed by atoms with Crippen molar-refractivity contribution in [3.63, 3.8) is 0 Å². The molecule has 1 spiro atoms. The third-order valence-electron chi connectivity index (χ3n) is 7.73. The molecule has 4 aliphatic rings. The highest BCUT2D eigenvalue weighted by Crippen LogP contribution is 2.53. The zero-order valence-electron chi connectivity index (χ0n) is 14.6. The summed E-state index contributed by atoms with van der Waals surface area (Å²) >= 11 is 0. The van der Waals surface area contributed by atoms with Crippen molar-refractivity contribution in [2.75, 3.05) is 33.8 Å². The first-order chi connectivity index (χ1) is 10.6. The monoisotopic (exact) mass is 306 g/mol. The molecule has 2 aliphatic carbocycles. The first-order valence-corrected chi connectivity index (χ1v) is 9.67. The molecular formula is C19H34N2O. The summed E-state index contributed by atoms with van der Waals surface area (Å²) in [5.41, 5.74) is 1.14. The van der Waals surface area contributed by atoms with Crippen LogP contribution in [0.25, 0.3) is 0 Å². The van der Waals surface area contributed by atoms with Crippen molar-refractivity contribution in [1.29, 1.82) is 0 Å². The van der Waals surface area contributed by atoms with Crippen LogP contribution in [0.15, 0.2) is 0 Å². The first-order valence-electron chi connectivity index (χ1n) is 9.67. The van der Waals surface area contributed by atoms with Gasteiger partial charge in [-0.15, -0.1) is 0 Å². The maximum Gasteiger partial charge on any atom is 0.112 e. The molecule has 4 fully saturated rings. The summed E-state index contributed by atoms with van der Waals surface area (Å²) in [5.74, 6) is 0.965. The predicted octanol–water partition coefficient (Wildman–Crippen LogP) is 3.49. The van der Waals surface area contributed by atoms with E-state index in [4.69, 9.17) is 4.74 Å². The van der Waals surface area contributed by atoms with Crippen molar-refractivity contribution in [2.24, 2.45) is 11.3 Å². The van der Waals surface area contributed by atoms with E-state index in [0.29, 0.717) is 17.2 Å². The summed E-state index contributed by atoms with van der Waals surface area (Å²) in [4.78, 5) is 5.25. The minimum absolute atomic E-state index is 0.467.